The Labute approximate surface area is 122 Å². The maximum Gasteiger partial charge on any atom is 0.0692 e. The zero-order valence-electron chi connectivity index (χ0n) is 11.1. The van der Waals surface area contributed by atoms with Gasteiger partial charge in [0.2, 0.25) is 0 Å². The number of hydrogen-bond donors (Lipinski definition) is 1. The van der Waals surface area contributed by atoms with Gasteiger partial charge < -0.3 is 5.32 Å². The van der Waals surface area contributed by atoms with Crippen LogP contribution >= 0.6 is 11.3 Å². The molecule has 3 aromatic rings. The van der Waals surface area contributed by atoms with Crippen LogP contribution in [0.4, 0.5) is 0 Å². The van der Waals surface area contributed by atoms with Gasteiger partial charge in [-0.3, -0.25) is 4.68 Å². The van der Waals surface area contributed by atoms with Crippen LogP contribution in [0.3, 0.4) is 0 Å². The number of nitrogens with one attached hydrogen (secondary N) is 1. The molecule has 0 saturated carbocycles. The summed E-state index contributed by atoms with van der Waals surface area (Å²) in [6, 6.07) is 14.9. The number of aromatic nitrogens is 3. The van der Waals surface area contributed by atoms with E-state index in [4.69, 9.17) is 0 Å². The van der Waals surface area contributed by atoms with E-state index in [9.17, 15) is 0 Å². The first kappa shape index (κ1) is 13.0. The second-order valence-electron chi connectivity index (χ2n) is 4.47. The van der Waals surface area contributed by atoms with Gasteiger partial charge in [0, 0.05) is 29.0 Å². The predicted octanol–water partition coefficient (Wildman–Crippen LogP) is 2.80. The van der Waals surface area contributed by atoms with Crippen molar-refractivity contribution in [3.8, 4) is 10.4 Å². The van der Waals surface area contributed by atoms with Crippen LogP contribution in [0, 0.1) is 0 Å². The Morgan fingerprint density at radius 3 is 2.80 bits per heavy atom. The number of benzene rings is 1. The molecule has 0 atom stereocenters. The van der Waals surface area contributed by atoms with Gasteiger partial charge >= 0.3 is 0 Å². The highest BCUT2D eigenvalue weighted by Gasteiger charge is 2.02. The lowest BCUT2D eigenvalue weighted by atomic mass is 10.2. The number of rotatable bonds is 6. The molecule has 0 aliphatic heterocycles. The zero-order chi connectivity index (χ0) is 13.6. The molecule has 2 heterocycles. The molecule has 0 radical (unpaired) electrons. The number of hydrogen-bond acceptors (Lipinski definition) is 4. The molecule has 0 fully saturated rings. The summed E-state index contributed by atoms with van der Waals surface area (Å²) in [7, 11) is 0. The fourth-order valence-corrected chi connectivity index (χ4v) is 2.97. The van der Waals surface area contributed by atoms with Crippen LogP contribution in [0.25, 0.3) is 10.4 Å². The lowest BCUT2D eigenvalue weighted by Gasteiger charge is -2.02. The Morgan fingerprint density at radius 2 is 2.00 bits per heavy atom. The molecule has 0 bridgehead atoms. The topological polar surface area (TPSA) is 42.7 Å². The molecule has 0 aliphatic rings. The lowest BCUT2D eigenvalue weighted by Crippen LogP contribution is -2.19. The third-order valence-corrected chi connectivity index (χ3v) is 4.14. The Morgan fingerprint density at radius 1 is 1.10 bits per heavy atom. The van der Waals surface area contributed by atoms with Gasteiger partial charge in [0.15, 0.2) is 0 Å². The van der Waals surface area contributed by atoms with Gasteiger partial charge in [0.25, 0.3) is 0 Å². The Balaban J connectivity index is 1.50. The Bertz CT molecular complexity index is 631. The molecule has 0 saturated heterocycles. The van der Waals surface area contributed by atoms with Crippen LogP contribution in [-0.2, 0) is 13.1 Å². The van der Waals surface area contributed by atoms with E-state index in [2.05, 4.69) is 52.0 Å². The maximum absolute atomic E-state index is 3.93. The summed E-state index contributed by atoms with van der Waals surface area (Å²) in [6.07, 6.45) is 3.58. The third kappa shape index (κ3) is 3.31. The largest absolute Gasteiger partial charge is 0.310 e. The average Bonchev–Trinajstić information content (AvgIpc) is 3.16. The van der Waals surface area contributed by atoms with Crippen molar-refractivity contribution in [1.82, 2.24) is 20.3 Å². The SMILES string of the molecule is c1ccc(-c2ccc(CNCCn3ccnn3)s2)cc1. The fraction of sp³-hybridized carbons (Fsp3) is 0.200. The van der Waals surface area contributed by atoms with Crippen molar-refractivity contribution < 1.29 is 0 Å². The van der Waals surface area contributed by atoms with E-state index < -0.39 is 0 Å². The van der Waals surface area contributed by atoms with Crippen molar-refractivity contribution in [3.05, 3.63) is 59.7 Å². The molecule has 102 valence electrons. The highest BCUT2D eigenvalue weighted by molar-refractivity contribution is 7.15. The van der Waals surface area contributed by atoms with E-state index in [1.54, 1.807) is 6.20 Å². The van der Waals surface area contributed by atoms with E-state index in [-0.39, 0.29) is 0 Å². The summed E-state index contributed by atoms with van der Waals surface area (Å²) in [5.74, 6) is 0. The summed E-state index contributed by atoms with van der Waals surface area (Å²) < 4.78 is 1.83. The van der Waals surface area contributed by atoms with Gasteiger partial charge in [0.1, 0.15) is 0 Å². The van der Waals surface area contributed by atoms with E-state index >= 15 is 0 Å². The summed E-state index contributed by atoms with van der Waals surface area (Å²) in [5, 5.41) is 11.1. The number of thiophene rings is 1. The van der Waals surface area contributed by atoms with Crippen molar-refractivity contribution in [2.45, 2.75) is 13.1 Å². The first-order chi connectivity index (χ1) is 9.92. The van der Waals surface area contributed by atoms with Crippen molar-refractivity contribution in [2.75, 3.05) is 6.54 Å². The minimum atomic E-state index is 0.844. The monoisotopic (exact) mass is 284 g/mol. The second-order valence-corrected chi connectivity index (χ2v) is 5.64. The molecule has 0 aliphatic carbocycles. The fourth-order valence-electron chi connectivity index (χ4n) is 1.99. The highest BCUT2D eigenvalue weighted by Crippen LogP contribution is 2.27. The van der Waals surface area contributed by atoms with Crippen molar-refractivity contribution in [1.29, 1.82) is 0 Å². The van der Waals surface area contributed by atoms with E-state index in [0.29, 0.717) is 0 Å². The molecule has 4 nitrogen and oxygen atoms in total. The summed E-state index contributed by atoms with van der Waals surface area (Å²) in [4.78, 5) is 2.67. The van der Waals surface area contributed by atoms with Gasteiger partial charge in [-0.25, -0.2) is 0 Å². The standard InChI is InChI=1S/C15H16N4S/c1-2-4-13(5-3-1)15-7-6-14(20-15)12-16-8-10-19-11-9-17-18-19/h1-7,9,11,16H,8,10,12H2. The predicted molar refractivity (Wildman–Crippen MR) is 81.5 cm³/mol. The molecule has 0 spiro atoms. The molecule has 0 unspecified atom stereocenters. The Kier molecular flexibility index (Phi) is 4.20. The maximum atomic E-state index is 3.93. The van der Waals surface area contributed by atoms with Crippen LogP contribution < -0.4 is 5.32 Å². The van der Waals surface area contributed by atoms with E-state index in [1.165, 1.54) is 15.3 Å². The summed E-state index contributed by atoms with van der Waals surface area (Å²) in [5.41, 5.74) is 1.28. The molecule has 0 amide bonds. The third-order valence-electron chi connectivity index (χ3n) is 3.01. The highest BCUT2D eigenvalue weighted by atomic mass is 32.1. The van der Waals surface area contributed by atoms with Crippen molar-refractivity contribution in [3.63, 3.8) is 0 Å². The molecule has 3 rings (SSSR count). The summed E-state index contributed by atoms with van der Waals surface area (Å²) >= 11 is 1.84. The lowest BCUT2D eigenvalue weighted by molar-refractivity contribution is 0.542. The van der Waals surface area contributed by atoms with Crippen LogP contribution in [0.5, 0.6) is 0 Å². The van der Waals surface area contributed by atoms with Crippen molar-refractivity contribution in [2.24, 2.45) is 0 Å². The summed E-state index contributed by atoms with van der Waals surface area (Å²) in [6.45, 7) is 2.63. The molecule has 1 N–H and O–H groups in total. The molecule has 20 heavy (non-hydrogen) atoms. The molecule has 2 aromatic heterocycles. The Hall–Kier alpha value is -1.98. The molecule has 1 aromatic carbocycles. The van der Waals surface area contributed by atoms with Crippen LogP contribution in [0.15, 0.2) is 54.9 Å². The smallest absolute Gasteiger partial charge is 0.0692 e. The van der Waals surface area contributed by atoms with Crippen LogP contribution in [-0.4, -0.2) is 21.5 Å². The zero-order valence-corrected chi connectivity index (χ0v) is 11.9. The quantitative estimate of drug-likeness (QED) is 0.708. The van der Waals surface area contributed by atoms with Crippen molar-refractivity contribution >= 4 is 11.3 Å². The average molecular weight is 284 g/mol. The molecular weight excluding hydrogens is 268 g/mol. The van der Waals surface area contributed by atoms with E-state index in [1.807, 2.05) is 28.3 Å². The molecule has 5 heteroatoms. The van der Waals surface area contributed by atoms with Gasteiger partial charge in [-0.1, -0.05) is 35.5 Å². The van der Waals surface area contributed by atoms with E-state index in [0.717, 1.165) is 19.6 Å². The normalized spacial score (nSPS) is 10.8. The minimum Gasteiger partial charge on any atom is -0.310 e. The van der Waals surface area contributed by atoms with Gasteiger partial charge in [0.05, 0.1) is 12.7 Å². The number of nitrogens with zero attached hydrogens (tertiary/aromatic N) is 3. The van der Waals surface area contributed by atoms with Gasteiger partial charge in [-0.05, 0) is 17.7 Å². The van der Waals surface area contributed by atoms with Gasteiger partial charge in [-0.2, -0.15) is 0 Å². The first-order valence-corrected chi connectivity index (χ1v) is 7.42. The molecular formula is C15H16N4S. The first-order valence-electron chi connectivity index (χ1n) is 6.61. The minimum absolute atomic E-state index is 0.844. The van der Waals surface area contributed by atoms with Crippen LogP contribution in [0.2, 0.25) is 0 Å². The van der Waals surface area contributed by atoms with Gasteiger partial charge in [-0.15, -0.1) is 16.4 Å². The second kappa shape index (κ2) is 6.45. The van der Waals surface area contributed by atoms with Crippen LogP contribution in [0.1, 0.15) is 4.88 Å².